The average Bonchev–Trinajstić information content (AvgIpc) is 2.71. The molecule has 2 N–H and O–H groups in total. The van der Waals surface area contributed by atoms with Crippen LogP contribution in [0.25, 0.3) is 0 Å². The lowest BCUT2D eigenvalue weighted by Crippen LogP contribution is -2.23. The van der Waals surface area contributed by atoms with Gasteiger partial charge < -0.3 is 15.4 Å². The fraction of sp³-hybridized carbons (Fsp3) is 0.529. The van der Waals surface area contributed by atoms with Gasteiger partial charge in [0, 0.05) is 25.1 Å². The topological polar surface area (TPSA) is 67.4 Å². The van der Waals surface area contributed by atoms with Gasteiger partial charge in [-0.2, -0.15) is 0 Å². The normalized spacial score (nSPS) is 21.1. The number of benzene rings is 1. The number of carbonyl (C=O) groups excluding carboxylic acids is 2. The van der Waals surface area contributed by atoms with E-state index in [1.165, 1.54) is 0 Å². The summed E-state index contributed by atoms with van der Waals surface area (Å²) in [6, 6.07) is 5.79. The van der Waals surface area contributed by atoms with Crippen LogP contribution in [0.1, 0.15) is 37.7 Å². The van der Waals surface area contributed by atoms with E-state index >= 15 is 0 Å². The molecule has 5 heteroatoms. The van der Waals surface area contributed by atoms with Crippen molar-refractivity contribution in [1.29, 1.82) is 0 Å². The number of hydrogen-bond donors (Lipinski definition) is 2. The number of anilines is 1. The summed E-state index contributed by atoms with van der Waals surface area (Å²) in [5.74, 6) is 1.10. The summed E-state index contributed by atoms with van der Waals surface area (Å²) in [4.78, 5) is 23.7. The number of ether oxygens (including phenoxy) is 1. The van der Waals surface area contributed by atoms with Crippen LogP contribution in [0.3, 0.4) is 0 Å². The van der Waals surface area contributed by atoms with Gasteiger partial charge in [-0.05, 0) is 55.4 Å². The predicted molar refractivity (Wildman–Crippen MR) is 83.9 cm³/mol. The first-order valence-corrected chi connectivity index (χ1v) is 8.03. The summed E-state index contributed by atoms with van der Waals surface area (Å²) in [6.07, 6.45) is 4.72. The minimum Gasteiger partial charge on any atom is -0.493 e. The van der Waals surface area contributed by atoms with Gasteiger partial charge in [0.15, 0.2) is 0 Å². The minimum absolute atomic E-state index is 0.0172. The van der Waals surface area contributed by atoms with E-state index in [0.29, 0.717) is 12.8 Å². The van der Waals surface area contributed by atoms with Crippen molar-refractivity contribution in [2.75, 3.05) is 18.5 Å². The highest BCUT2D eigenvalue weighted by molar-refractivity contribution is 5.91. The lowest BCUT2D eigenvalue weighted by atomic mass is 9.96. The van der Waals surface area contributed by atoms with Crippen molar-refractivity contribution in [1.82, 2.24) is 5.32 Å². The van der Waals surface area contributed by atoms with Crippen molar-refractivity contribution in [2.45, 2.75) is 38.5 Å². The molecule has 1 aromatic rings. The Labute approximate surface area is 130 Å². The van der Waals surface area contributed by atoms with E-state index in [1.807, 2.05) is 18.2 Å². The van der Waals surface area contributed by atoms with Gasteiger partial charge in [-0.15, -0.1) is 0 Å². The number of amides is 2. The van der Waals surface area contributed by atoms with E-state index in [4.69, 9.17) is 4.74 Å². The molecule has 2 heterocycles. The molecule has 0 radical (unpaired) electrons. The monoisotopic (exact) mass is 302 g/mol. The highest BCUT2D eigenvalue weighted by Gasteiger charge is 2.20. The molecule has 2 aliphatic rings. The van der Waals surface area contributed by atoms with Crippen LogP contribution < -0.4 is 15.4 Å². The van der Waals surface area contributed by atoms with Gasteiger partial charge in [0.1, 0.15) is 5.75 Å². The van der Waals surface area contributed by atoms with Gasteiger partial charge in [0.2, 0.25) is 11.8 Å². The molecule has 0 bridgehead atoms. The lowest BCUT2D eigenvalue weighted by Gasteiger charge is -2.18. The SMILES string of the molecule is O=C1CC(CC(=O)Nc2ccc3c(c2)CCCO3)CCCN1. The van der Waals surface area contributed by atoms with Gasteiger partial charge in [-0.3, -0.25) is 9.59 Å². The van der Waals surface area contributed by atoms with Crippen LogP contribution >= 0.6 is 0 Å². The summed E-state index contributed by atoms with van der Waals surface area (Å²) in [5, 5.41) is 5.80. The van der Waals surface area contributed by atoms with Gasteiger partial charge in [0.05, 0.1) is 6.61 Å². The van der Waals surface area contributed by atoms with Gasteiger partial charge in [-0.1, -0.05) is 0 Å². The van der Waals surface area contributed by atoms with Crippen LogP contribution in [-0.2, 0) is 16.0 Å². The van der Waals surface area contributed by atoms with Gasteiger partial charge in [0.25, 0.3) is 0 Å². The minimum atomic E-state index is -0.0172. The predicted octanol–water partition coefficient (Wildman–Crippen LogP) is 2.26. The highest BCUT2D eigenvalue weighted by atomic mass is 16.5. The molecule has 1 saturated heterocycles. The Hall–Kier alpha value is -2.04. The van der Waals surface area contributed by atoms with Crippen LogP contribution in [0, 0.1) is 5.92 Å². The third-order valence-electron chi connectivity index (χ3n) is 4.25. The zero-order chi connectivity index (χ0) is 15.4. The van der Waals surface area contributed by atoms with E-state index in [9.17, 15) is 9.59 Å². The lowest BCUT2D eigenvalue weighted by molar-refractivity contribution is -0.122. The second-order valence-corrected chi connectivity index (χ2v) is 6.09. The second kappa shape index (κ2) is 6.81. The third-order valence-corrected chi connectivity index (χ3v) is 4.25. The van der Waals surface area contributed by atoms with Gasteiger partial charge >= 0.3 is 0 Å². The summed E-state index contributed by atoms with van der Waals surface area (Å²) < 4.78 is 5.57. The van der Waals surface area contributed by atoms with E-state index in [1.54, 1.807) is 0 Å². The molecule has 1 fully saturated rings. The smallest absolute Gasteiger partial charge is 0.224 e. The number of carbonyl (C=O) groups is 2. The van der Waals surface area contributed by atoms with Crippen molar-refractivity contribution in [3.63, 3.8) is 0 Å². The van der Waals surface area contributed by atoms with E-state index in [-0.39, 0.29) is 17.7 Å². The second-order valence-electron chi connectivity index (χ2n) is 6.09. The highest BCUT2D eigenvalue weighted by Crippen LogP contribution is 2.28. The Bertz CT molecular complexity index is 571. The first-order chi connectivity index (χ1) is 10.7. The standard InChI is InChI=1S/C17H22N2O3/c20-16-9-12(3-1-7-18-16)10-17(21)19-14-5-6-15-13(11-14)4-2-8-22-15/h5-6,11-12H,1-4,7-10H2,(H,18,20)(H,19,21). The molecule has 1 aromatic carbocycles. The van der Waals surface area contributed by atoms with Crippen LogP contribution in [0.4, 0.5) is 5.69 Å². The molecule has 5 nitrogen and oxygen atoms in total. The Balaban J connectivity index is 1.58. The Morgan fingerprint density at radius 2 is 2.27 bits per heavy atom. The zero-order valence-electron chi connectivity index (χ0n) is 12.7. The largest absolute Gasteiger partial charge is 0.493 e. The van der Waals surface area contributed by atoms with Gasteiger partial charge in [-0.25, -0.2) is 0 Å². The molecule has 118 valence electrons. The maximum absolute atomic E-state index is 12.2. The van der Waals surface area contributed by atoms with Crippen molar-refractivity contribution < 1.29 is 14.3 Å². The summed E-state index contributed by atoms with van der Waals surface area (Å²) in [7, 11) is 0. The Morgan fingerprint density at radius 1 is 1.36 bits per heavy atom. The molecule has 0 aromatic heterocycles. The first-order valence-electron chi connectivity index (χ1n) is 8.03. The summed E-state index contributed by atoms with van der Waals surface area (Å²) in [5.41, 5.74) is 1.96. The molecule has 3 rings (SSSR count). The molecule has 1 atom stereocenters. The van der Waals surface area contributed by atoms with Crippen molar-refractivity contribution in [2.24, 2.45) is 5.92 Å². The van der Waals surface area contributed by atoms with E-state index < -0.39 is 0 Å². The zero-order valence-corrected chi connectivity index (χ0v) is 12.7. The van der Waals surface area contributed by atoms with Crippen LogP contribution in [0.5, 0.6) is 5.75 Å². The molecular formula is C17H22N2O3. The van der Waals surface area contributed by atoms with Crippen LogP contribution in [0.15, 0.2) is 18.2 Å². The maximum atomic E-state index is 12.2. The number of fused-ring (bicyclic) bond motifs is 1. The fourth-order valence-corrected chi connectivity index (χ4v) is 3.14. The quantitative estimate of drug-likeness (QED) is 0.900. The molecule has 0 aliphatic carbocycles. The number of hydrogen-bond acceptors (Lipinski definition) is 3. The van der Waals surface area contributed by atoms with E-state index in [0.717, 1.165) is 55.8 Å². The number of nitrogens with one attached hydrogen (secondary N) is 2. The molecule has 1 unspecified atom stereocenters. The van der Waals surface area contributed by atoms with Crippen molar-refractivity contribution in [3.05, 3.63) is 23.8 Å². The van der Waals surface area contributed by atoms with Crippen LogP contribution in [0.2, 0.25) is 0 Å². The Kier molecular flexibility index (Phi) is 4.61. The molecule has 0 saturated carbocycles. The van der Waals surface area contributed by atoms with Crippen molar-refractivity contribution >= 4 is 17.5 Å². The third kappa shape index (κ3) is 3.78. The fourth-order valence-electron chi connectivity index (χ4n) is 3.14. The number of aryl methyl sites for hydroxylation is 1. The van der Waals surface area contributed by atoms with Crippen LogP contribution in [-0.4, -0.2) is 25.0 Å². The summed E-state index contributed by atoms with van der Waals surface area (Å²) in [6.45, 7) is 1.49. The molecule has 2 aliphatic heterocycles. The van der Waals surface area contributed by atoms with E-state index in [2.05, 4.69) is 10.6 Å². The molecule has 2 amide bonds. The average molecular weight is 302 g/mol. The Morgan fingerprint density at radius 3 is 3.18 bits per heavy atom. The maximum Gasteiger partial charge on any atom is 0.224 e. The molecule has 22 heavy (non-hydrogen) atoms. The van der Waals surface area contributed by atoms with Crippen molar-refractivity contribution in [3.8, 4) is 5.75 Å². The summed E-state index contributed by atoms with van der Waals surface area (Å²) >= 11 is 0. The number of rotatable bonds is 3. The molecule has 0 spiro atoms. The molecular weight excluding hydrogens is 280 g/mol. The first kappa shape index (κ1) is 14.9.